The highest BCUT2D eigenvalue weighted by Gasteiger charge is 2.18. The Kier molecular flexibility index (Phi) is 3.40. The summed E-state index contributed by atoms with van der Waals surface area (Å²) in [6, 6.07) is 12.9. The maximum atomic E-state index is 6.54. The Balaban J connectivity index is 2.33. The molecular formula is C21H26N2. The third-order valence-corrected chi connectivity index (χ3v) is 4.55. The molecule has 0 fully saturated rings. The molecule has 2 N–H and O–H groups in total. The first-order chi connectivity index (χ1) is 10.6. The number of nitrogen functional groups attached to an aromatic ring is 1. The van der Waals surface area contributed by atoms with Gasteiger partial charge in [-0.05, 0) is 46.2 Å². The molecular weight excluding hydrogens is 280 g/mol. The van der Waals surface area contributed by atoms with E-state index >= 15 is 0 Å². The molecule has 0 aliphatic rings. The Morgan fingerprint density at radius 3 is 1.43 bits per heavy atom. The second kappa shape index (κ2) is 4.95. The van der Waals surface area contributed by atoms with Crippen molar-refractivity contribution in [2.24, 2.45) is 0 Å². The van der Waals surface area contributed by atoms with Crippen molar-refractivity contribution in [3.8, 4) is 0 Å². The molecule has 0 radical (unpaired) electrons. The molecule has 2 aromatic carbocycles. The number of hydrogen-bond donors (Lipinski definition) is 1. The summed E-state index contributed by atoms with van der Waals surface area (Å²) in [6.07, 6.45) is 0. The minimum absolute atomic E-state index is 0.100. The van der Waals surface area contributed by atoms with E-state index in [1.54, 1.807) is 0 Å². The van der Waals surface area contributed by atoms with Crippen LogP contribution in [0.5, 0.6) is 0 Å². The van der Waals surface area contributed by atoms with Crippen LogP contribution in [0.1, 0.15) is 52.7 Å². The van der Waals surface area contributed by atoms with E-state index in [2.05, 4.69) is 77.9 Å². The van der Waals surface area contributed by atoms with E-state index in [1.807, 2.05) is 0 Å². The van der Waals surface area contributed by atoms with Crippen LogP contribution in [-0.2, 0) is 10.8 Å². The lowest BCUT2D eigenvalue weighted by Gasteiger charge is -2.21. The van der Waals surface area contributed by atoms with Gasteiger partial charge in [-0.3, -0.25) is 0 Å². The fraction of sp³-hybridized carbons (Fsp3) is 0.381. The third-order valence-electron chi connectivity index (χ3n) is 4.55. The Morgan fingerprint density at radius 2 is 1.09 bits per heavy atom. The van der Waals surface area contributed by atoms with Gasteiger partial charge in [0.15, 0.2) is 0 Å². The maximum absolute atomic E-state index is 6.54. The summed E-state index contributed by atoms with van der Waals surface area (Å²) in [5, 5.41) is 2.10. The van der Waals surface area contributed by atoms with Crippen LogP contribution in [0.15, 0.2) is 36.4 Å². The Hall–Kier alpha value is -2.09. The molecule has 0 saturated carbocycles. The van der Waals surface area contributed by atoms with Crippen LogP contribution >= 0.6 is 0 Å². The van der Waals surface area contributed by atoms with Crippen molar-refractivity contribution in [1.29, 1.82) is 0 Å². The minimum Gasteiger partial charge on any atom is -0.398 e. The Morgan fingerprint density at radius 1 is 0.696 bits per heavy atom. The van der Waals surface area contributed by atoms with E-state index in [9.17, 15) is 0 Å². The van der Waals surface area contributed by atoms with Gasteiger partial charge < -0.3 is 5.73 Å². The lowest BCUT2D eigenvalue weighted by molar-refractivity contribution is 0.591. The number of anilines is 1. The van der Waals surface area contributed by atoms with Gasteiger partial charge in [0.2, 0.25) is 0 Å². The number of nitrogens with two attached hydrogens (primary N) is 1. The molecule has 1 aromatic heterocycles. The van der Waals surface area contributed by atoms with E-state index in [0.29, 0.717) is 0 Å². The summed E-state index contributed by atoms with van der Waals surface area (Å²) in [6.45, 7) is 13.3. The third kappa shape index (κ3) is 2.78. The zero-order valence-corrected chi connectivity index (χ0v) is 15.0. The van der Waals surface area contributed by atoms with Gasteiger partial charge in [0.25, 0.3) is 0 Å². The SMILES string of the molecule is CC(C)(C)c1ccc2nc3ccc(C(C)(C)C)cc3c(N)c2c1. The first-order valence-corrected chi connectivity index (χ1v) is 8.21. The van der Waals surface area contributed by atoms with Gasteiger partial charge in [0, 0.05) is 10.8 Å². The van der Waals surface area contributed by atoms with Gasteiger partial charge in [0.1, 0.15) is 0 Å². The number of rotatable bonds is 0. The fourth-order valence-corrected chi connectivity index (χ4v) is 2.91. The fourth-order valence-electron chi connectivity index (χ4n) is 2.91. The monoisotopic (exact) mass is 306 g/mol. The number of pyridine rings is 1. The van der Waals surface area contributed by atoms with Gasteiger partial charge in [-0.25, -0.2) is 4.98 Å². The normalized spacial score (nSPS) is 13.0. The van der Waals surface area contributed by atoms with Crippen LogP contribution < -0.4 is 5.73 Å². The van der Waals surface area contributed by atoms with Crippen molar-refractivity contribution in [2.75, 3.05) is 5.73 Å². The number of hydrogen-bond acceptors (Lipinski definition) is 2. The lowest BCUT2D eigenvalue weighted by Crippen LogP contribution is -2.11. The number of benzene rings is 2. The van der Waals surface area contributed by atoms with Crippen LogP contribution in [0.25, 0.3) is 21.8 Å². The van der Waals surface area contributed by atoms with Crippen molar-refractivity contribution in [3.63, 3.8) is 0 Å². The molecule has 0 aliphatic heterocycles. The molecule has 0 bridgehead atoms. The highest BCUT2D eigenvalue weighted by atomic mass is 14.7. The maximum Gasteiger partial charge on any atom is 0.0730 e. The van der Waals surface area contributed by atoms with Gasteiger partial charge in [-0.15, -0.1) is 0 Å². The molecule has 0 saturated heterocycles. The Bertz CT molecular complexity index is 821. The number of fused-ring (bicyclic) bond motifs is 2. The molecule has 23 heavy (non-hydrogen) atoms. The molecule has 1 heterocycles. The van der Waals surface area contributed by atoms with Crippen molar-refractivity contribution in [3.05, 3.63) is 47.5 Å². The second-order valence-corrected chi connectivity index (χ2v) is 8.49. The van der Waals surface area contributed by atoms with Crippen LogP contribution in [0.3, 0.4) is 0 Å². The molecule has 3 rings (SSSR count). The molecule has 120 valence electrons. The second-order valence-electron chi connectivity index (χ2n) is 8.49. The molecule has 0 unspecified atom stereocenters. The van der Waals surface area contributed by atoms with Crippen LogP contribution in [0, 0.1) is 0 Å². The highest BCUT2D eigenvalue weighted by molar-refractivity contribution is 6.06. The highest BCUT2D eigenvalue weighted by Crippen LogP contribution is 2.34. The largest absolute Gasteiger partial charge is 0.398 e. The average Bonchev–Trinajstić information content (AvgIpc) is 2.45. The first kappa shape index (κ1) is 15.8. The molecule has 0 atom stereocenters. The number of nitrogens with zero attached hydrogens (tertiary/aromatic N) is 1. The van der Waals surface area contributed by atoms with Gasteiger partial charge >= 0.3 is 0 Å². The van der Waals surface area contributed by atoms with E-state index in [1.165, 1.54) is 11.1 Å². The van der Waals surface area contributed by atoms with Gasteiger partial charge in [0.05, 0.1) is 16.7 Å². The van der Waals surface area contributed by atoms with E-state index < -0.39 is 0 Å². The number of aromatic nitrogens is 1. The molecule has 0 aliphatic carbocycles. The zero-order chi connectivity index (χ0) is 17.0. The standard InChI is InChI=1S/C21H26N2/c1-20(2,3)13-7-9-17-15(11-13)19(22)16-12-14(21(4,5)6)8-10-18(16)23-17/h7-12H,1-6H3,(H2,22,23). The quantitative estimate of drug-likeness (QED) is 0.552. The zero-order valence-electron chi connectivity index (χ0n) is 15.0. The minimum atomic E-state index is 0.100. The van der Waals surface area contributed by atoms with E-state index in [4.69, 9.17) is 10.7 Å². The lowest BCUT2D eigenvalue weighted by atomic mass is 9.85. The first-order valence-electron chi connectivity index (χ1n) is 8.21. The van der Waals surface area contributed by atoms with Crippen molar-refractivity contribution in [2.45, 2.75) is 52.4 Å². The molecule has 0 amide bonds. The van der Waals surface area contributed by atoms with Crippen molar-refractivity contribution in [1.82, 2.24) is 4.98 Å². The van der Waals surface area contributed by atoms with Crippen LogP contribution in [0.2, 0.25) is 0 Å². The van der Waals surface area contributed by atoms with Crippen LogP contribution in [0.4, 0.5) is 5.69 Å². The average molecular weight is 306 g/mol. The van der Waals surface area contributed by atoms with Gasteiger partial charge in [-0.1, -0.05) is 53.7 Å². The summed E-state index contributed by atoms with van der Waals surface area (Å²) < 4.78 is 0. The topological polar surface area (TPSA) is 38.9 Å². The summed E-state index contributed by atoms with van der Waals surface area (Å²) in [5.74, 6) is 0. The van der Waals surface area contributed by atoms with Crippen molar-refractivity contribution < 1.29 is 0 Å². The van der Waals surface area contributed by atoms with Crippen LogP contribution in [-0.4, -0.2) is 4.98 Å². The molecule has 2 heteroatoms. The Labute approximate surface area is 138 Å². The van der Waals surface area contributed by atoms with E-state index in [-0.39, 0.29) is 10.8 Å². The molecule has 0 spiro atoms. The summed E-state index contributed by atoms with van der Waals surface area (Å²) in [4.78, 5) is 4.80. The molecule has 2 nitrogen and oxygen atoms in total. The van der Waals surface area contributed by atoms with Gasteiger partial charge in [-0.2, -0.15) is 0 Å². The predicted octanol–water partition coefficient (Wildman–Crippen LogP) is 5.57. The summed E-state index contributed by atoms with van der Waals surface area (Å²) in [7, 11) is 0. The summed E-state index contributed by atoms with van der Waals surface area (Å²) in [5.41, 5.74) is 12.1. The smallest absolute Gasteiger partial charge is 0.0730 e. The predicted molar refractivity (Wildman–Crippen MR) is 101 cm³/mol. The molecule has 3 aromatic rings. The van der Waals surface area contributed by atoms with Crippen molar-refractivity contribution >= 4 is 27.5 Å². The van der Waals surface area contributed by atoms with E-state index in [0.717, 1.165) is 27.5 Å². The summed E-state index contributed by atoms with van der Waals surface area (Å²) >= 11 is 0.